The van der Waals surface area contributed by atoms with Crippen molar-refractivity contribution in [1.29, 1.82) is 0 Å². The number of nitrogens with one attached hydrogen (secondary N) is 2. The fourth-order valence-electron chi connectivity index (χ4n) is 2.20. The van der Waals surface area contributed by atoms with Crippen LogP contribution in [0.4, 0.5) is 8.78 Å². The summed E-state index contributed by atoms with van der Waals surface area (Å²) in [5.41, 5.74) is 0.814. The topological polar surface area (TPSA) is 59.6 Å². The van der Waals surface area contributed by atoms with Crippen LogP contribution in [0.1, 0.15) is 18.4 Å². The van der Waals surface area contributed by atoms with E-state index in [0.717, 1.165) is 25.0 Å². The molecule has 7 heteroatoms. The van der Waals surface area contributed by atoms with E-state index in [2.05, 4.69) is 15.4 Å². The third kappa shape index (κ3) is 5.95. The molecule has 1 aliphatic rings. The summed E-state index contributed by atoms with van der Waals surface area (Å²) >= 11 is 0. The molecule has 22 heavy (non-hydrogen) atoms. The van der Waals surface area contributed by atoms with Crippen LogP contribution in [0.25, 0.3) is 0 Å². The van der Waals surface area contributed by atoms with Crippen molar-refractivity contribution in [2.45, 2.75) is 32.1 Å². The molecule has 1 unspecified atom stereocenters. The Balaban J connectivity index is 1.62. The van der Waals surface area contributed by atoms with Crippen LogP contribution >= 0.6 is 0 Å². The van der Waals surface area contributed by atoms with Crippen LogP contribution in [0.5, 0.6) is 5.75 Å². The molecular weight excluding hydrogens is 294 g/mol. The lowest BCUT2D eigenvalue weighted by Crippen LogP contribution is -2.36. The second-order valence-corrected chi connectivity index (χ2v) is 5.07. The molecule has 0 bridgehead atoms. The van der Waals surface area contributed by atoms with Crippen LogP contribution in [-0.2, 0) is 16.1 Å². The van der Waals surface area contributed by atoms with E-state index in [4.69, 9.17) is 4.74 Å². The van der Waals surface area contributed by atoms with Crippen molar-refractivity contribution in [3.05, 3.63) is 29.8 Å². The summed E-state index contributed by atoms with van der Waals surface area (Å²) in [6.07, 6.45) is 2.31. The molecule has 1 aromatic carbocycles. The van der Waals surface area contributed by atoms with Gasteiger partial charge in [0.05, 0.1) is 12.6 Å². The number of halogens is 2. The van der Waals surface area contributed by atoms with Gasteiger partial charge in [0.1, 0.15) is 5.75 Å². The number of rotatable bonds is 8. The van der Waals surface area contributed by atoms with Crippen LogP contribution in [0.15, 0.2) is 24.3 Å². The second kappa shape index (κ2) is 8.65. The van der Waals surface area contributed by atoms with E-state index >= 15 is 0 Å². The number of alkyl halides is 2. The summed E-state index contributed by atoms with van der Waals surface area (Å²) in [6.45, 7) is -0.792. The molecule has 1 amide bonds. The van der Waals surface area contributed by atoms with Crippen LogP contribution in [0, 0.1) is 0 Å². The number of carbonyl (C=O) groups is 1. The van der Waals surface area contributed by atoms with Gasteiger partial charge in [0.15, 0.2) is 0 Å². The van der Waals surface area contributed by atoms with Gasteiger partial charge in [0.2, 0.25) is 5.91 Å². The third-order valence-corrected chi connectivity index (χ3v) is 3.32. The smallest absolute Gasteiger partial charge is 0.387 e. The maximum Gasteiger partial charge on any atom is 0.387 e. The molecule has 1 aromatic rings. The molecule has 5 nitrogen and oxygen atoms in total. The van der Waals surface area contributed by atoms with Crippen molar-refractivity contribution >= 4 is 5.91 Å². The molecule has 2 rings (SSSR count). The van der Waals surface area contributed by atoms with E-state index in [0.29, 0.717) is 13.1 Å². The highest BCUT2D eigenvalue weighted by Crippen LogP contribution is 2.14. The van der Waals surface area contributed by atoms with Crippen molar-refractivity contribution in [3.8, 4) is 5.75 Å². The average molecular weight is 314 g/mol. The third-order valence-electron chi connectivity index (χ3n) is 3.32. The van der Waals surface area contributed by atoms with Gasteiger partial charge >= 0.3 is 6.61 Å². The van der Waals surface area contributed by atoms with Crippen LogP contribution in [0.2, 0.25) is 0 Å². The van der Waals surface area contributed by atoms with Gasteiger partial charge in [-0.15, -0.1) is 0 Å². The minimum atomic E-state index is -2.83. The Labute approximate surface area is 128 Å². The predicted molar refractivity (Wildman–Crippen MR) is 76.8 cm³/mol. The fourth-order valence-corrected chi connectivity index (χ4v) is 2.20. The Morgan fingerprint density at radius 1 is 1.36 bits per heavy atom. The molecule has 1 aliphatic heterocycles. The largest absolute Gasteiger partial charge is 0.435 e. The zero-order valence-electron chi connectivity index (χ0n) is 12.2. The number of hydrogen-bond acceptors (Lipinski definition) is 4. The van der Waals surface area contributed by atoms with E-state index in [9.17, 15) is 13.6 Å². The highest BCUT2D eigenvalue weighted by molar-refractivity contribution is 5.77. The number of ether oxygens (including phenoxy) is 2. The Morgan fingerprint density at radius 2 is 2.14 bits per heavy atom. The van der Waals surface area contributed by atoms with E-state index < -0.39 is 6.61 Å². The van der Waals surface area contributed by atoms with Crippen LogP contribution in [0.3, 0.4) is 0 Å². The summed E-state index contributed by atoms with van der Waals surface area (Å²) in [6, 6.07) is 6.17. The summed E-state index contributed by atoms with van der Waals surface area (Å²) in [4.78, 5) is 11.7. The van der Waals surface area contributed by atoms with Gasteiger partial charge in [0.25, 0.3) is 0 Å². The molecule has 1 atom stereocenters. The first-order valence-corrected chi connectivity index (χ1v) is 7.26. The van der Waals surface area contributed by atoms with Crippen LogP contribution in [-0.4, -0.2) is 38.3 Å². The van der Waals surface area contributed by atoms with E-state index in [1.807, 2.05) is 0 Å². The lowest BCUT2D eigenvalue weighted by molar-refractivity contribution is -0.120. The van der Waals surface area contributed by atoms with Crippen molar-refractivity contribution in [3.63, 3.8) is 0 Å². The standard InChI is InChI=1S/C15H20F2N2O3/c16-15(17)22-12-5-3-11(4-6-12)8-19-14(20)10-18-9-13-2-1-7-21-13/h3-6,13,15,18H,1-2,7-10H2,(H,19,20). The Morgan fingerprint density at radius 3 is 2.77 bits per heavy atom. The molecule has 122 valence electrons. The number of hydrogen-bond donors (Lipinski definition) is 2. The molecule has 0 saturated carbocycles. The first-order valence-electron chi connectivity index (χ1n) is 7.26. The molecule has 0 aliphatic carbocycles. The number of benzene rings is 1. The van der Waals surface area contributed by atoms with E-state index in [-0.39, 0.29) is 24.3 Å². The van der Waals surface area contributed by atoms with Crippen molar-refractivity contribution in [1.82, 2.24) is 10.6 Å². The lowest BCUT2D eigenvalue weighted by Gasteiger charge is -2.11. The first kappa shape index (κ1) is 16.6. The SMILES string of the molecule is O=C(CNCC1CCCO1)NCc1ccc(OC(F)F)cc1. The Hall–Kier alpha value is -1.73. The molecule has 1 saturated heterocycles. The van der Waals surface area contributed by atoms with Gasteiger partial charge < -0.3 is 20.1 Å². The normalized spacial score (nSPS) is 17.7. The summed E-state index contributed by atoms with van der Waals surface area (Å²) in [5, 5.41) is 5.81. The molecule has 0 aromatic heterocycles. The highest BCUT2D eigenvalue weighted by Gasteiger charge is 2.15. The van der Waals surface area contributed by atoms with Crippen molar-refractivity contribution in [2.75, 3.05) is 19.7 Å². The zero-order chi connectivity index (χ0) is 15.8. The van der Waals surface area contributed by atoms with Crippen LogP contribution < -0.4 is 15.4 Å². The molecular formula is C15H20F2N2O3. The van der Waals surface area contributed by atoms with Crippen molar-refractivity contribution < 1.29 is 23.0 Å². The summed E-state index contributed by atoms with van der Waals surface area (Å²) < 4.78 is 33.7. The van der Waals surface area contributed by atoms with Gasteiger partial charge in [-0.1, -0.05) is 12.1 Å². The molecule has 0 spiro atoms. The number of amides is 1. The van der Waals surface area contributed by atoms with E-state index in [1.54, 1.807) is 12.1 Å². The Bertz CT molecular complexity index is 462. The summed E-state index contributed by atoms with van der Waals surface area (Å²) in [5.74, 6) is -0.0192. The van der Waals surface area contributed by atoms with Gasteiger partial charge in [-0.25, -0.2) is 0 Å². The maximum atomic E-state index is 12.0. The average Bonchev–Trinajstić information content (AvgIpc) is 2.99. The first-order chi connectivity index (χ1) is 10.6. The fraction of sp³-hybridized carbons (Fsp3) is 0.533. The molecule has 0 radical (unpaired) electrons. The van der Waals surface area contributed by atoms with Gasteiger partial charge in [0, 0.05) is 19.7 Å². The van der Waals surface area contributed by atoms with Gasteiger partial charge in [-0.05, 0) is 30.5 Å². The number of carbonyl (C=O) groups excluding carboxylic acids is 1. The molecule has 1 heterocycles. The lowest BCUT2D eigenvalue weighted by atomic mass is 10.2. The molecule has 2 N–H and O–H groups in total. The monoisotopic (exact) mass is 314 g/mol. The maximum absolute atomic E-state index is 12.0. The minimum absolute atomic E-state index is 0.100. The van der Waals surface area contributed by atoms with Gasteiger partial charge in [-0.3, -0.25) is 4.79 Å². The van der Waals surface area contributed by atoms with Gasteiger partial charge in [-0.2, -0.15) is 8.78 Å². The zero-order valence-corrected chi connectivity index (χ0v) is 12.2. The van der Waals surface area contributed by atoms with E-state index in [1.165, 1.54) is 12.1 Å². The Kier molecular flexibility index (Phi) is 6.54. The summed E-state index contributed by atoms with van der Waals surface area (Å²) in [7, 11) is 0. The quantitative estimate of drug-likeness (QED) is 0.766. The molecule has 1 fully saturated rings. The second-order valence-electron chi connectivity index (χ2n) is 5.07. The highest BCUT2D eigenvalue weighted by atomic mass is 19.3. The van der Waals surface area contributed by atoms with Crippen molar-refractivity contribution in [2.24, 2.45) is 0 Å². The minimum Gasteiger partial charge on any atom is -0.435 e. The predicted octanol–water partition coefficient (Wildman–Crippen LogP) is 1.67.